The number of hydrogen-bond donors (Lipinski definition) is 0. The standard InChI is InChI=1S/C18H17ClN2O4S/c19-14-5-1-2-6-15(14)26-17-13(4-3-7-20-17)18(23)25-12-16(22)21-8-10-24-11-9-21/h1-7H,8-12H2. The molecule has 0 aliphatic carbocycles. The fraction of sp³-hybridized carbons (Fsp3) is 0.278. The highest BCUT2D eigenvalue weighted by Gasteiger charge is 2.21. The van der Waals surface area contributed by atoms with Gasteiger partial charge in [-0.1, -0.05) is 35.5 Å². The van der Waals surface area contributed by atoms with Crippen molar-refractivity contribution in [2.24, 2.45) is 0 Å². The van der Waals surface area contributed by atoms with E-state index in [1.54, 1.807) is 29.3 Å². The minimum atomic E-state index is -0.589. The Balaban J connectivity index is 1.66. The zero-order valence-electron chi connectivity index (χ0n) is 13.9. The van der Waals surface area contributed by atoms with Crippen LogP contribution < -0.4 is 0 Å². The van der Waals surface area contributed by atoms with Gasteiger partial charge in [-0.2, -0.15) is 0 Å². The van der Waals surface area contributed by atoms with Gasteiger partial charge in [0.25, 0.3) is 5.91 Å². The Labute approximate surface area is 160 Å². The summed E-state index contributed by atoms with van der Waals surface area (Å²) in [7, 11) is 0. The molecule has 0 spiro atoms. The van der Waals surface area contributed by atoms with Crippen molar-refractivity contribution < 1.29 is 19.1 Å². The number of morpholine rings is 1. The van der Waals surface area contributed by atoms with Gasteiger partial charge in [-0.05, 0) is 24.3 Å². The summed E-state index contributed by atoms with van der Waals surface area (Å²) in [5.74, 6) is -0.819. The van der Waals surface area contributed by atoms with Crippen LogP contribution in [0.2, 0.25) is 5.02 Å². The summed E-state index contributed by atoms with van der Waals surface area (Å²) in [5, 5.41) is 1.05. The van der Waals surface area contributed by atoms with Gasteiger partial charge < -0.3 is 14.4 Å². The average molecular weight is 393 g/mol. The number of hydrogen-bond acceptors (Lipinski definition) is 6. The molecule has 1 aromatic heterocycles. The Hall–Kier alpha value is -2.09. The number of esters is 1. The van der Waals surface area contributed by atoms with Crippen LogP contribution in [-0.2, 0) is 14.3 Å². The second-order valence-electron chi connectivity index (χ2n) is 5.46. The van der Waals surface area contributed by atoms with Crippen molar-refractivity contribution in [2.75, 3.05) is 32.9 Å². The summed E-state index contributed by atoms with van der Waals surface area (Å²) >= 11 is 7.45. The molecule has 0 bridgehead atoms. The third kappa shape index (κ3) is 4.75. The largest absolute Gasteiger partial charge is 0.452 e. The molecule has 1 aliphatic rings. The molecule has 0 unspecified atom stereocenters. The Bertz CT molecular complexity index is 796. The number of aromatic nitrogens is 1. The zero-order chi connectivity index (χ0) is 18.4. The lowest BCUT2D eigenvalue weighted by molar-refractivity contribution is -0.138. The van der Waals surface area contributed by atoms with Gasteiger partial charge in [0.2, 0.25) is 0 Å². The van der Waals surface area contributed by atoms with Gasteiger partial charge in [-0.3, -0.25) is 4.79 Å². The fourth-order valence-electron chi connectivity index (χ4n) is 2.37. The second kappa shape index (κ2) is 9.02. The SMILES string of the molecule is O=C(OCC(=O)N1CCOCC1)c1cccnc1Sc1ccccc1Cl. The molecule has 1 amide bonds. The number of carbonyl (C=O) groups excluding carboxylic acids is 2. The summed E-state index contributed by atoms with van der Waals surface area (Å²) < 4.78 is 10.4. The number of ether oxygens (including phenoxy) is 2. The summed E-state index contributed by atoms with van der Waals surface area (Å²) in [5.41, 5.74) is 0.298. The number of amides is 1. The highest BCUT2D eigenvalue weighted by atomic mass is 35.5. The van der Waals surface area contributed by atoms with Crippen molar-refractivity contribution in [2.45, 2.75) is 9.92 Å². The normalized spacial score (nSPS) is 14.1. The molecular weight excluding hydrogens is 376 g/mol. The quantitative estimate of drug-likeness (QED) is 0.729. The van der Waals surface area contributed by atoms with Crippen molar-refractivity contribution in [1.82, 2.24) is 9.88 Å². The highest BCUT2D eigenvalue weighted by Crippen LogP contribution is 2.33. The van der Waals surface area contributed by atoms with Crippen LogP contribution in [0.5, 0.6) is 0 Å². The number of halogens is 1. The van der Waals surface area contributed by atoms with Crippen LogP contribution >= 0.6 is 23.4 Å². The van der Waals surface area contributed by atoms with E-state index in [1.165, 1.54) is 11.8 Å². The second-order valence-corrected chi connectivity index (χ2v) is 6.90. The Kier molecular flexibility index (Phi) is 6.49. The van der Waals surface area contributed by atoms with E-state index in [4.69, 9.17) is 21.1 Å². The van der Waals surface area contributed by atoms with E-state index in [1.807, 2.05) is 18.2 Å². The first-order chi connectivity index (χ1) is 12.6. The summed E-state index contributed by atoms with van der Waals surface area (Å²) in [6.07, 6.45) is 1.59. The van der Waals surface area contributed by atoms with Crippen molar-refractivity contribution in [3.63, 3.8) is 0 Å². The molecule has 0 radical (unpaired) electrons. The molecule has 1 aliphatic heterocycles. The lowest BCUT2D eigenvalue weighted by atomic mass is 10.3. The summed E-state index contributed by atoms with van der Waals surface area (Å²) in [6.45, 7) is 1.72. The predicted molar refractivity (Wildman–Crippen MR) is 97.5 cm³/mol. The molecule has 0 N–H and O–H groups in total. The third-order valence-corrected chi connectivity index (χ3v) is 5.26. The molecule has 1 aromatic carbocycles. The average Bonchev–Trinajstić information content (AvgIpc) is 2.68. The summed E-state index contributed by atoms with van der Waals surface area (Å²) in [6, 6.07) is 10.6. The van der Waals surface area contributed by atoms with Crippen molar-refractivity contribution >= 4 is 35.2 Å². The lowest BCUT2D eigenvalue weighted by Gasteiger charge is -2.26. The van der Waals surface area contributed by atoms with Gasteiger partial charge in [0, 0.05) is 24.2 Å². The van der Waals surface area contributed by atoms with Gasteiger partial charge >= 0.3 is 5.97 Å². The Morgan fingerprint density at radius 1 is 1.19 bits per heavy atom. The highest BCUT2D eigenvalue weighted by molar-refractivity contribution is 7.99. The van der Waals surface area contributed by atoms with E-state index in [9.17, 15) is 9.59 Å². The van der Waals surface area contributed by atoms with Crippen molar-refractivity contribution in [3.05, 3.63) is 53.2 Å². The van der Waals surface area contributed by atoms with E-state index >= 15 is 0 Å². The number of carbonyl (C=O) groups is 2. The maximum Gasteiger partial charge on any atom is 0.341 e. The van der Waals surface area contributed by atoms with Crippen LogP contribution in [0.3, 0.4) is 0 Å². The van der Waals surface area contributed by atoms with Gasteiger partial charge in [0.05, 0.1) is 23.8 Å². The fourth-order valence-corrected chi connectivity index (χ4v) is 3.52. The van der Waals surface area contributed by atoms with Crippen LogP contribution in [0.1, 0.15) is 10.4 Å². The van der Waals surface area contributed by atoms with E-state index in [-0.39, 0.29) is 12.5 Å². The number of rotatable bonds is 5. The first kappa shape index (κ1) is 18.7. The molecule has 136 valence electrons. The van der Waals surface area contributed by atoms with Crippen LogP contribution in [-0.4, -0.2) is 54.7 Å². The van der Waals surface area contributed by atoms with Gasteiger partial charge in [0.15, 0.2) is 6.61 Å². The first-order valence-electron chi connectivity index (χ1n) is 8.05. The molecule has 6 nitrogen and oxygen atoms in total. The van der Waals surface area contributed by atoms with E-state index in [0.29, 0.717) is 41.9 Å². The Morgan fingerprint density at radius 2 is 1.96 bits per heavy atom. The van der Waals surface area contributed by atoms with Gasteiger partial charge in [0.1, 0.15) is 5.03 Å². The third-order valence-electron chi connectivity index (χ3n) is 3.72. The number of benzene rings is 1. The molecular formula is C18H17ClN2O4S. The molecule has 1 fully saturated rings. The van der Waals surface area contributed by atoms with Crippen molar-refractivity contribution in [1.29, 1.82) is 0 Å². The molecule has 8 heteroatoms. The monoisotopic (exact) mass is 392 g/mol. The molecule has 3 rings (SSSR count). The number of pyridine rings is 1. The maximum atomic E-state index is 12.4. The zero-order valence-corrected chi connectivity index (χ0v) is 15.5. The van der Waals surface area contributed by atoms with Crippen LogP contribution in [0, 0.1) is 0 Å². The first-order valence-corrected chi connectivity index (χ1v) is 9.24. The minimum absolute atomic E-state index is 0.231. The molecule has 1 saturated heterocycles. The summed E-state index contributed by atoms with van der Waals surface area (Å²) in [4.78, 5) is 31.2. The van der Waals surface area contributed by atoms with Crippen molar-refractivity contribution in [3.8, 4) is 0 Å². The van der Waals surface area contributed by atoms with E-state index in [0.717, 1.165) is 4.90 Å². The van der Waals surface area contributed by atoms with Crippen LogP contribution in [0.25, 0.3) is 0 Å². The topological polar surface area (TPSA) is 68.7 Å². The lowest BCUT2D eigenvalue weighted by Crippen LogP contribution is -2.42. The molecule has 2 heterocycles. The molecule has 0 atom stereocenters. The minimum Gasteiger partial charge on any atom is -0.452 e. The van der Waals surface area contributed by atoms with Crippen LogP contribution in [0.4, 0.5) is 0 Å². The number of nitrogens with zero attached hydrogens (tertiary/aromatic N) is 2. The van der Waals surface area contributed by atoms with Gasteiger partial charge in [-0.25, -0.2) is 9.78 Å². The van der Waals surface area contributed by atoms with E-state index in [2.05, 4.69) is 4.98 Å². The van der Waals surface area contributed by atoms with Crippen LogP contribution in [0.15, 0.2) is 52.5 Å². The smallest absolute Gasteiger partial charge is 0.341 e. The Morgan fingerprint density at radius 3 is 2.73 bits per heavy atom. The predicted octanol–water partition coefficient (Wildman–Crippen LogP) is 2.90. The molecule has 26 heavy (non-hydrogen) atoms. The van der Waals surface area contributed by atoms with Gasteiger partial charge in [-0.15, -0.1) is 0 Å². The van der Waals surface area contributed by atoms with E-state index < -0.39 is 5.97 Å². The molecule has 2 aromatic rings. The maximum absolute atomic E-state index is 12.4. The molecule has 0 saturated carbocycles.